The van der Waals surface area contributed by atoms with E-state index in [1.807, 2.05) is 13.8 Å². The summed E-state index contributed by atoms with van der Waals surface area (Å²) in [5.74, 6) is -0.642. The third-order valence-electron chi connectivity index (χ3n) is 3.80. The summed E-state index contributed by atoms with van der Waals surface area (Å²) in [7, 11) is -3.48. The first kappa shape index (κ1) is 15.2. The Bertz CT molecular complexity index is 411. The third-order valence-corrected chi connectivity index (χ3v) is 5.92. The number of rotatable bonds is 7. The molecule has 1 saturated heterocycles. The quantitative estimate of drug-likeness (QED) is 0.673. The highest BCUT2D eigenvalue weighted by atomic mass is 32.2. The molecule has 0 radical (unpaired) electrons. The molecule has 19 heavy (non-hydrogen) atoms. The molecule has 1 heterocycles. The molecule has 1 aliphatic carbocycles. The third kappa shape index (κ3) is 3.48. The summed E-state index contributed by atoms with van der Waals surface area (Å²) in [6.45, 7) is 6.12. The van der Waals surface area contributed by atoms with Crippen LogP contribution in [0.1, 0.15) is 52.9 Å². The number of unbranched alkanes of at least 4 members (excludes halogenated alkanes) is 1. The molecule has 0 bridgehead atoms. The zero-order valence-corrected chi connectivity index (χ0v) is 12.8. The van der Waals surface area contributed by atoms with Crippen molar-refractivity contribution in [2.45, 2.75) is 69.5 Å². The van der Waals surface area contributed by atoms with Gasteiger partial charge in [0, 0.05) is 0 Å². The lowest BCUT2D eigenvalue weighted by Crippen LogP contribution is -2.30. The van der Waals surface area contributed by atoms with Gasteiger partial charge in [-0.15, -0.1) is 0 Å². The average molecular weight is 292 g/mol. The summed E-state index contributed by atoms with van der Waals surface area (Å²) in [5.41, 5.74) is 0. The first-order valence-corrected chi connectivity index (χ1v) is 8.42. The molecule has 1 aliphatic heterocycles. The van der Waals surface area contributed by atoms with Crippen LogP contribution < -0.4 is 0 Å². The fourth-order valence-electron chi connectivity index (χ4n) is 2.40. The van der Waals surface area contributed by atoms with Crippen molar-refractivity contribution >= 4 is 10.1 Å². The number of hydrogen-bond acceptors (Lipinski definition) is 5. The van der Waals surface area contributed by atoms with Crippen LogP contribution in [0.15, 0.2) is 0 Å². The minimum absolute atomic E-state index is 0.0552. The highest BCUT2D eigenvalue weighted by molar-refractivity contribution is 7.88. The highest BCUT2D eigenvalue weighted by Crippen LogP contribution is 2.48. The summed E-state index contributed by atoms with van der Waals surface area (Å²) in [5, 5.41) is 0. The molecule has 0 aromatic rings. The van der Waals surface area contributed by atoms with Gasteiger partial charge in [-0.05, 0) is 33.1 Å². The summed E-state index contributed by atoms with van der Waals surface area (Å²) in [6, 6.07) is 0. The van der Waals surface area contributed by atoms with E-state index in [9.17, 15) is 8.42 Å². The molecule has 6 heteroatoms. The monoisotopic (exact) mass is 292 g/mol. The van der Waals surface area contributed by atoms with Crippen LogP contribution in [0.5, 0.6) is 0 Å². The van der Waals surface area contributed by atoms with Crippen molar-refractivity contribution in [1.82, 2.24) is 0 Å². The number of ether oxygens (including phenoxy) is 2. The van der Waals surface area contributed by atoms with Crippen LogP contribution in [0, 0.1) is 0 Å². The van der Waals surface area contributed by atoms with Crippen LogP contribution in [0.3, 0.4) is 0 Å². The van der Waals surface area contributed by atoms with Gasteiger partial charge in [0.05, 0.1) is 18.0 Å². The molecule has 2 aliphatic rings. The van der Waals surface area contributed by atoms with Gasteiger partial charge in [0.2, 0.25) is 0 Å². The van der Waals surface area contributed by atoms with Gasteiger partial charge in [0.1, 0.15) is 6.10 Å². The normalized spacial score (nSPS) is 28.5. The van der Waals surface area contributed by atoms with E-state index in [0.717, 1.165) is 25.7 Å². The van der Waals surface area contributed by atoms with Crippen molar-refractivity contribution in [2.24, 2.45) is 0 Å². The molecule has 1 atom stereocenters. The SMILES string of the molecule is CCCCC1(S(=O)(=O)OC[C@H]2COC(C)(C)O2)CC1. The van der Waals surface area contributed by atoms with Crippen molar-refractivity contribution in [3.8, 4) is 0 Å². The maximum Gasteiger partial charge on any atom is 0.273 e. The van der Waals surface area contributed by atoms with Gasteiger partial charge in [-0.25, -0.2) is 0 Å². The predicted molar refractivity (Wildman–Crippen MR) is 71.3 cm³/mol. The number of hydrogen-bond donors (Lipinski definition) is 0. The van der Waals surface area contributed by atoms with E-state index in [2.05, 4.69) is 6.92 Å². The van der Waals surface area contributed by atoms with Gasteiger partial charge in [0.15, 0.2) is 5.79 Å². The lowest BCUT2D eigenvalue weighted by molar-refractivity contribution is -0.141. The first-order valence-electron chi connectivity index (χ1n) is 7.01. The molecule has 0 unspecified atom stereocenters. The Morgan fingerprint density at radius 1 is 1.32 bits per heavy atom. The maximum absolute atomic E-state index is 12.2. The van der Waals surface area contributed by atoms with Gasteiger partial charge in [-0.3, -0.25) is 4.18 Å². The van der Waals surface area contributed by atoms with E-state index in [-0.39, 0.29) is 12.7 Å². The zero-order chi connectivity index (χ0) is 14.1. The van der Waals surface area contributed by atoms with Crippen LogP contribution in [-0.4, -0.2) is 38.3 Å². The molecule has 2 fully saturated rings. The summed E-state index contributed by atoms with van der Waals surface area (Å²) >= 11 is 0. The highest BCUT2D eigenvalue weighted by Gasteiger charge is 2.55. The lowest BCUT2D eigenvalue weighted by Gasteiger charge is -2.19. The van der Waals surface area contributed by atoms with Crippen molar-refractivity contribution in [2.75, 3.05) is 13.2 Å². The van der Waals surface area contributed by atoms with Crippen LogP contribution >= 0.6 is 0 Å². The Labute approximate surface area is 115 Å². The Morgan fingerprint density at radius 3 is 2.47 bits per heavy atom. The van der Waals surface area contributed by atoms with E-state index >= 15 is 0 Å². The fraction of sp³-hybridized carbons (Fsp3) is 1.00. The molecule has 5 nitrogen and oxygen atoms in total. The second-order valence-electron chi connectivity index (χ2n) is 5.98. The maximum atomic E-state index is 12.2. The smallest absolute Gasteiger partial charge is 0.273 e. The minimum atomic E-state index is -3.48. The second kappa shape index (κ2) is 5.31. The molecular weight excluding hydrogens is 268 g/mol. The largest absolute Gasteiger partial charge is 0.348 e. The summed E-state index contributed by atoms with van der Waals surface area (Å²) < 4.78 is 40.0. The topological polar surface area (TPSA) is 61.8 Å². The van der Waals surface area contributed by atoms with Gasteiger partial charge in [-0.2, -0.15) is 8.42 Å². The second-order valence-corrected chi connectivity index (χ2v) is 7.99. The van der Waals surface area contributed by atoms with E-state index < -0.39 is 20.7 Å². The molecule has 112 valence electrons. The van der Waals surface area contributed by atoms with Gasteiger partial charge in [-0.1, -0.05) is 19.8 Å². The molecule has 0 spiro atoms. The van der Waals surface area contributed by atoms with Crippen LogP contribution in [0.2, 0.25) is 0 Å². The van der Waals surface area contributed by atoms with E-state index in [4.69, 9.17) is 13.7 Å². The molecule has 0 amide bonds. The van der Waals surface area contributed by atoms with Crippen molar-refractivity contribution in [3.63, 3.8) is 0 Å². The van der Waals surface area contributed by atoms with E-state index in [1.165, 1.54) is 0 Å². The lowest BCUT2D eigenvalue weighted by atomic mass is 10.2. The summed E-state index contributed by atoms with van der Waals surface area (Å²) in [6.07, 6.45) is 3.79. The van der Waals surface area contributed by atoms with Gasteiger partial charge < -0.3 is 9.47 Å². The van der Waals surface area contributed by atoms with E-state index in [1.54, 1.807) is 0 Å². The molecular formula is C13H24O5S. The average Bonchev–Trinajstić information content (AvgIpc) is 3.05. The fourth-order valence-corrected chi connectivity index (χ4v) is 3.98. The standard InChI is InChI=1S/C13H24O5S/c1-4-5-6-13(7-8-13)19(14,15)17-10-11-9-16-12(2,3)18-11/h11H,4-10H2,1-3H3/t11-/m1/s1. The molecule has 1 saturated carbocycles. The first-order chi connectivity index (χ1) is 8.80. The van der Waals surface area contributed by atoms with Gasteiger partial charge >= 0.3 is 0 Å². The van der Waals surface area contributed by atoms with Crippen LogP contribution in [0.25, 0.3) is 0 Å². The Kier molecular flexibility index (Phi) is 4.26. The van der Waals surface area contributed by atoms with E-state index in [0.29, 0.717) is 13.0 Å². The Hall–Kier alpha value is -0.170. The van der Waals surface area contributed by atoms with Gasteiger partial charge in [0.25, 0.3) is 10.1 Å². The molecule has 2 rings (SSSR count). The Morgan fingerprint density at radius 2 is 2.00 bits per heavy atom. The zero-order valence-electron chi connectivity index (χ0n) is 12.0. The van der Waals surface area contributed by atoms with Crippen molar-refractivity contribution in [1.29, 1.82) is 0 Å². The minimum Gasteiger partial charge on any atom is -0.348 e. The molecule has 0 aromatic heterocycles. The van der Waals surface area contributed by atoms with Crippen molar-refractivity contribution < 1.29 is 22.1 Å². The molecule has 0 N–H and O–H groups in total. The Balaban J connectivity index is 1.85. The van der Waals surface area contributed by atoms with Crippen LogP contribution in [0.4, 0.5) is 0 Å². The van der Waals surface area contributed by atoms with Crippen molar-refractivity contribution in [3.05, 3.63) is 0 Å². The summed E-state index contributed by atoms with van der Waals surface area (Å²) in [4.78, 5) is 0. The predicted octanol–water partition coefficient (Wildman–Crippen LogP) is 2.21. The van der Waals surface area contributed by atoms with Crippen LogP contribution in [-0.2, 0) is 23.8 Å². The molecule has 0 aromatic carbocycles.